The van der Waals surface area contributed by atoms with Crippen molar-refractivity contribution >= 4 is 16.6 Å². The van der Waals surface area contributed by atoms with E-state index in [1.165, 1.54) is 0 Å². The van der Waals surface area contributed by atoms with E-state index in [0.717, 1.165) is 17.1 Å². The van der Waals surface area contributed by atoms with E-state index in [1.807, 2.05) is 38.6 Å². The predicted octanol–water partition coefficient (Wildman–Crippen LogP) is 2.16. The van der Waals surface area contributed by atoms with Crippen molar-refractivity contribution in [1.29, 1.82) is 0 Å². The zero-order valence-corrected chi connectivity index (χ0v) is 8.10. The molecular weight excluding hydrogens is 172 g/mol. The Bertz CT molecular complexity index is 250. The Morgan fingerprint density at radius 3 is 2.92 bits per heavy atom. The molecule has 1 heterocycles. The van der Waals surface area contributed by atoms with E-state index < -0.39 is 0 Å². The summed E-state index contributed by atoms with van der Waals surface area (Å²) in [6.45, 7) is 0.865. The molecule has 0 spiro atoms. The van der Waals surface area contributed by atoms with Crippen molar-refractivity contribution in [2.75, 3.05) is 20.6 Å². The van der Waals surface area contributed by atoms with E-state index in [2.05, 4.69) is 9.88 Å². The lowest BCUT2D eigenvalue weighted by molar-refractivity contribution is 0.457. The first-order valence-corrected chi connectivity index (χ1v) is 4.21. The van der Waals surface area contributed by atoms with Crippen molar-refractivity contribution in [3.8, 4) is 0 Å². The van der Waals surface area contributed by atoms with Gasteiger partial charge < -0.3 is 9.88 Å². The quantitative estimate of drug-likeness (QED) is 0.763. The van der Waals surface area contributed by atoms with E-state index in [9.17, 15) is 0 Å². The van der Waals surface area contributed by atoms with Gasteiger partial charge in [-0.2, -0.15) is 0 Å². The molecule has 2 nitrogen and oxygen atoms in total. The van der Waals surface area contributed by atoms with Gasteiger partial charge in [0.25, 0.3) is 0 Å². The molecule has 1 aromatic heterocycles. The van der Waals surface area contributed by atoms with Crippen molar-refractivity contribution in [1.82, 2.24) is 9.88 Å². The predicted molar refractivity (Wildman–Crippen MR) is 53.2 cm³/mol. The molecule has 12 heavy (non-hydrogen) atoms. The smallest absolute Gasteiger partial charge is 0.0466 e. The minimum Gasteiger partial charge on any atom is -0.367 e. The number of aromatic nitrogens is 1. The third-order valence-electron chi connectivity index (χ3n) is 1.51. The van der Waals surface area contributed by atoms with Crippen molar-refractivity contribution in [3.05, 3.63) is 30.1 Å². The van der Waals surface area contributed by atoms with Gasteiger partial charge in [0, 0.05) is 29.5 Å². The number of halogens is 1. The van der Waals surface area contributed by atoms with Gasteiger partial charge in [-0.3, -0.25) is 0 Å². The first kappa shape index (κ1) is 9.36. The molecule has 3 heteroatoms. The second-order valence-electron chi connectivity index (χ2n) is 2.91. The van der Waals surface area contributed by atoms with E-state index in [4.69, 9.17) is 11.6 Å². The number of H-pyrrole nitrogens is 1. The molecule has 0 radical (unpaired) electrons. The Balaban J connectivity index is 2.59. The Kier molecular flexibility index (Phi) is 3.38. The fourth-order valence-electron chi connectivity index (χ4n) is 0.853. The number of hydrogen-bond acceptors (Lipinski definition) is 1. The normalized spacial score (nSPS) is 12.5. The van der Waals surface area contributed by atoms with Crippen LogP contribution in [0.1, 0.15) is 5.56 Å². The van der Waals surface area contributed by atoms with Gasteiger partial charge >= 0.3 is 0 Å². The first-order chi connectivity index (χ1) is 5.70. The third-order valence-corrected chi connectivity index (χ3v) is 1.88. The van der Waals surface area contributed by atoms with E-state index in [1.54, 1.807) is 0 Å². The molecule has 0 aliphatic heterocycles. The Labute approximate surface area is 77.8 Å². The molecule has 0 atom stereocenters. The van der Waals surface area contributed by atoms with Crippen molar-refractivity contribution in [2.45, 2.75) is 0 Å². The summed E-state index contributed by atoms with van der Waals surface area (Å²) in [4.78, 5) is 5.02. The summed E-state index contributed by atoms with van der Waals surface area (Å²) in [6.07, 6.45) is 5.74. The molecule has 66 valence electrons. The summed E-state index contributed by atoms with van der Waals surface area (Å²) in [5.74, 6) is 0. The molecule has 0 aliphatic carbocycles. The molecule has 1 N–H and O–H groups in total. The van der Waals surface area contributed by atoms with Gasteiger partial charge in [-0.25, -0.2) is 0 Å². The van der Waals surface area contributed by atoms with Crippen LogP contribution in [0.4, 0.5) is 0 Å². The van der Waals surface area contributed by atoms with Crippen molar-refractivity contribution < 1.29 is 0 Å². The monoisotopic (exact) mass is 184 g/mol. The van der Waals surface area contributed by atoms with Crippen LogP contribution in [0, 0.1) is 0 Å². The molecule has 1 aromatic rings. The van der Waals surface area contributed by atoms with Crippen LogP contribution in [-0.4, -0.2) is 30.5 Å². The molecule has 1 rings (SSSR count). The zero-order valence-electron chi connectivity index (χ0n) is 7.34. The van der Waals surface area contributed by atoms with Crippen LogP contribution in [0.5, 0.6) is 0 Å². The third kappa shape index (κ3) is 2.72. The molecule has 0 amide bonds. The lowest BCUT2D eigenvalue weighted by Crippen LogP contribution is -2.10. The maximum absolute atomic E-state index is 6.01. The van der Waals surface area contributed by atoms with Gasteiger partial charge in [-0.1, -0.05) is 17.7 Å². The van der Waals surface area contributed by atoms with Gasteiger partial charge in [0.15, 0.2) is 0 Å². The van der Waals surface area contributed by atoms with Gasteiger partial charge in [-0.15, -0.1) is 0 Å². The van der Waals surface area contributed by atoms with Crippen molar-refractivity contribution in [2.24, 2.45) is 0 Å². The largest absolute Gasteiger partial charge is 0.367 e. The van der Waals surface area contributed by atoms with Crippen LogP contribution in [0.25, 0.3) is 5.03 Å². The molecule has 0 fully saturated rings. The highest BCUT2D eigenvalue weighted by Gasteiger charge is 1.96. The number of aromatic amines is 1. The number of nitrogens with one attached hydrogen (secondary N) is 1. The molecular formula is C9H13ClN2. The highest BCUT2D eigenvalue weighted by molar-refractivity contribution is 6.48. The number of hydrogen-bond donors (Lipinski definition) is 1. The summed E-state index contributed by atoms with van der Waals surface area (Å²) in [5, 5.41) is 0.796. The first-order valence-electron chi connectivity index (χ1n) is 3.83. The summed E-state index contributed by atoms with van der Waals surface area (Å²) in [7, 11) is 4.02. The zero-order chi connectivity index (χ0) is 8.97. The van der Waals surface area contributed by atoms with Gasteiger partial charge in [-0.05, 0) is 20.2 Å². The summed E-state index contributed by atoms with van der Waals surface area (Å²) < 4.78 is 0. The summed E-state index contributed by atoms with van der Waals surface area (Å²) >= 11 is 6.01. The van der Waals surface area contributed by atoms with E-state index in [-0.39, 0.29) is 0 Å². The van der Waals surface area contributed by atoms with E-state index >= 15 is 0 Å². The topological polar surface area (TPSA) is 19.0 Å². The maximum atomic E-state index is 6.01. The minimum atomic E-state index is 0.796. The average Bonchev–Trinajstić information content (AvgIpc) is 2.51. The summed E-state index contributed by atoms with van der Waals surface area (Å²) in [6, 6.07) is 1.95. The fourth-order valence-corrected chi connectivity index (χ4v) is 1.04. The minimum absolute atomic E-state index is 0.796. The lowest BCUT2D eigenvalue weighted by atomic mass is 10.3. The Morgan fingerprint density at radius 2 is 2.42 bits per heavy atom. The molecule has 0 aliphatic rings. The van der Waals surface area contributed by atoms with Gasteiger partial charge in [0.05, 0.1) is 0 Å². The number of rotatable bonds is 3. The van der Waals surface area contributed by atoms with Crippen LogP contribution < -0.4 is 0 Å². The number of nitrogens with zero attached hydrogens (tertiary/aromatic N) is 1. The average molecular weight is 185 g/mol. The molecule has 0 unspecified atom stereocenters. The second kappa shape index (κ2) is 4.33. The standard InChI is InChI=1S/C9H13ClN2/c1-12(2)6-4-9(10)8-3-5-11-7-8/h3-5,7,11H,6H2,1-2H3/b9-4-. The van der Waals surface area contributed by atoms with Crippen molar-refractivity contribution in [3.63, 3.8) is 0 Å². The fraction of sp³-hybridized carbons (Fsp3) is 0.333. The Hall–Kier alpha value is -0.730. The van der Waals surface area contributed by atoms with Crippen LogP contribution in [-0.2, 0) is 0 Å². The molecule has 0 aromatic carbocycles. The van der Waals surface area contributed by atoms with Crippen LogP contribution in [0.15, 0.2) is 24.5 Å². The molecule has 0 saturated heterocycles. The Morgan fingerprint density at radius 1 is 1.67 bits per heavy atom. The SMILES string of the molecule is CN(C)C/C=C(\Cl)c1cc[nH]c1. The molecule has 0 bridgehead atoms. The van der Waals surface area contributed by atoms with E-state index in [0.29, 0.717) is 0 Å². The lowest BCUT2D eigenvalue weighted by Gasteiger charge is -2.04. The summed E-state index contributed by atoms with van der Waals surface area (Å²) in [5.41, 5.74) is 1.04. The maximum Gasteiger partial charge on any atom is 0.0466 e. The van der Waals surface area contributed by atoms with Gasteiger partial charge in [0.2, 0.25) is 0 Å². The van der Waals surface area contributed by atoms with Crippen LogP contribution in [0.2, 0.25) is 0 Å². The highest BCUT2D eigenvalue weighted by Crippen LogP contribution is 2.17. The second-order valence-corrected chi connectivity index (χ2v) is 3.32. The molecule has 0 saturated carbocycles. The van der Waals surface area contributed by atoms with Gasteiger partial charge in [0.1, 0.15) is 0 Å². The number of likely N-dealkylation sites (N-methyl/N-ethyl adjacent to an activating group) is 1. The highest BCUT2D eigenvalue weighted by atomic mass is 35.5. The van der Waals surface area contributed by atoms with Crippen LogP contribution >= 0.6 is 11.6 Å². The van der Waals surface area contributed by atoms with Crippen LogP contribution in [0.3, 0.4) is 0 Å².